The van der Waals surface area contributed by atoms with Gasteiger partial charge in [-0.3, -0.25) is 0 Å². The van der Waals surface area contributed by atoms with Crippen molar-refractivity contribution in [3.8, 4) is 0 Å². The topological polar surface area (TPSA) is 38.9 Å². The van der Waals surface area contributed by atoms with Crippen LogP contribution in [-0.2, 0) is 10.2 Å². The van der Waals surface area contributed by atoms with Crippen LogP contribution in [0.4, 0.5) is 0 Å². The Labute approximate surface area is 91.4 Å². The quantitative estimate of drug-likeness (QED) is 0.765. The van der Waals surface area contributed by atoms with Gasteiger partial charge in [0.15, 0.2) is 5.82 Å². The van der Waals surface area contributed by atoms with Crippen molar-refractivity contribution in [2.24, 2.45) is 0 Å². The Kier molecular flexibility index (Phi) is 3.83. The third-order valence-electron chi connectivity index (χ3n) is 1.46. The molecule has 0 aliphatic carbocycles. The highest BCUT2D eigenvalue weighted by Gasteiger charge is 2.30. The predicted octanol–water partition coefficient (Wildman–Crippen LogP) is 3.24. The standard InChI is InChI=1S/C7H9Cl3N2O/c1-2-3-4-5-11-6(13-12-5)7(8,9)10/h2-4H2,1H3. The Morgan fingerprint density at radius 3 is 2.54 bits per heavy atom. The highest BCUT2D eigenvalue weighted by Crippen LogP contribution is 2.36. The van der Waals surface area contributed by atoms with Crippen molar-refractivity contribution in [1.29, 1.82) is 0 Å². The largest absolute Gasteiger partial charge is 0.335 e. The average molecular weight is 244 g/mol. The molecule has 0 spiro atoms. The first-order valence-electron chi connectivity index (χ1n) is 3.94. The van der Waals surface area contributed by atoms with Gasteiger partial charge in [0.1, 0.15) is 0 Å². The van der Waals surface area contributed by atoms with E-state index >= 15 is 0 Å². The van der Waals surface area contributed by atoms with Gasteiger partial charge in [0, 0.05) is 6.42 Å². The molecule has 0 aromatic carbocycles. The van der Waals surface area contributed by atoms with Gasteiger partial charge < -0.3 is 4.52 Å². The molecule has 13 heavy (non-hydrogen) atoms. The average Bonchev–Trinajstić information content (AvgIpc) is 2.47. The fourth-order valence-electron chi connectivity index (χ4n) is 0.806. The minimum Gasteiger partial charge on any atom is -0.335 e. The second-order valence-electron chi connectivity index (χ2n) is 2.62. The number of hydrogen-bond acceptors (Lipinski definition) is 3. The molecule has 0 radical (unpaired) electrons. The summed E-state index contributed by atoms with van der Waals surface area (Å²) in [5.41, 5.74) is 0. The van der Waals surface area contributed by atoms with E-state index in [0.717, 1.165) is 19.3 Å². The first-order valence-corrected chi connectivity index (χ1v) is 5.07. The minimum absolute atomic E-state index is 0.0311. The fourth-order valence-corrected chi connectivity index (χ4v) is 1.04. The maximum atomic E-state index is 5.54. The molecule has 0 N–H and O–H groups in total. The number of unbranched alkanes of at least 4 members (excludes halogenated alkanes) is 1. The van der Waals surface area contributed by atoms with E-state index in [1.807, 2.05) is 0 Å². The van der Waals surface area contributed by atoms with Gasteiger partial charge in [0.2, 0.25) is 0 Å². The van der Waals surface area contributed by atoms with Gasteiger partial charge in [-0.1, -0.05) is 53.3 Å². The molecule has 0 saturated heterocycles. The number of aromatic nitrogens is 2. The molecule has 6 heteroatoms. The zero-order valence-electron chi connectivity index (χ0n) is 7.06. The summed E-state index contributed by atoms with van der Waals surface area (Å²) < 4.78 is 3.16. The number of hydrogen-bond donors (Lipinski definition) is 0. The summed E-state index contributed by atoms with van der Waals surface area (Å²) in [7, 11) is 0. The van der Waals surface area contributed by atoms with Gasteiger partial charge in [0.05, 0.1) is 0 Å². The maximum Gasteiger partial charge on any atom is 0.278 e. The zero-order valence-corrected chi connectivity index (χ0v) is 9.33. The van der Waals surface area contributed by atoms with Crippen LogP contribution >= 0.6 is 34.8 Å². The number of alkyl halides is 3. The summed E-state index contributed by atoms with van der Waals surface area (Å²) in [5, 5.41) is 3.68. The molecule has 1 rings (SSSR count). The number of halogens is 3. The van der Waals surface area contributed by atoms with Crippen molar-refractivity contribution in [1.82, 2.24) is 10.1 Å². The molecule has 0 saturated carbocycles. The fraction of sp³-hybridized carbons (Fsp3) is 0.714. The van der Waals surface area contributed by atoms with Gasteiger partial charge in [-0.25, -0.2) is 0 Å². The molecule has 1 aromatic heterocycles. The Hall–Kier alpha value is 0.01000. The van der Waals surface area contributed by atoms with Gasteiger partial charge >= 0.3 is 0 Å². The van der Waals surface area contributed by atoms with Crippen molar-refractivity contribution < 1.29 is 4.52 Å². The molecule has 1 aromatic rings. The molecule has 1 heterocycles. The Balaban J connectivity index is 2.64. The van der Waals surface area contributed by atoms with Crippen LogP contribution in [0.2, 0.25) is 0 Å². The first-order chi connectivity index (χ1) is 6.04. The van der Waals surface area contributed by atoms with E-state index in [1.165, 1.54) is 0 Å². The van der Waals surface area contributed by atoms with Crippen LogP contribution in [0.3, 0.4) is 0 Å². The third-order valence-corrected chi connectivity index (χ3v) is 1.95. The molecule has 0 aliphatic rings. The summed E-state index contributed by atoms with van der Waals surface area (Å²) in [6.07, 6.45) is 2.82. The molecular formula is C7H9Cl3N2O. The monoisotopic (exact) mass is 242 g/mol. The van der Waals surface area contributed by atoms with Crippen molar-refractivity contribution in [3.05, 3.63) is 11.7 Å². The Morgan fingerprint density at radius 1 is 1.38 bits per heavy atom. The highest BCUT2D eigenvalue weighted by atomic mass is 35.6. The summed E-state index contributed by atoms with van der Waals surface area (Å²) in [4.78, 5) is 3.95. The lowest BCUT2D eigenvalue weighted by atomic mass is 10.2. The van der Waals surface area contributed by atoms with Crippen molar-refractivity contribution in [2.75, 3.05) is 0 Å². The Morgan fingerprint density at radius 2 is 2.08 bits per heavy atom. The molecule has 0 atom stereocenters. The van der Waals surface area contributed by atoms with Crippen LogP contribution in [0.25, 0.3) is 0 Å². The van der Waals surface area contributed by atoms with E-state index in [0.29, 0.717) is 5.82 Å². The van der Waals surface area contributed by atoms with Gasteiger partial charge in [-0.2, -0.15) is 4.98 Å². The second-order valence-corrected chi connectivity index (χ2v) is 4.90. The summed E-state index contributed by atoms with van der Waals surface area (Å²) in [5.74, 6) is 0.617. The van der Waals surface area contributed by atoms with E-state index in [-0.39, 0.29) is 5.89 Å². The van der Waals surface area contributed by atoms with Crippen LogP contribution in [0.15, 0.2) is 4.52 Å². The molecule has 0 amide bonds. The van der Waals surface area contributed by atoms with Crippen molar-refractivity contribution in [3.63, 3.8) is 0 Å². The number of aryl methyl sites for hydroxylation is 1. The van der Waals surface area contributed by atoms with Crippen molar-refractivity contribution >= 4 is 34.8 Å². The minimum atomic E-state index is -1.61. The van der Waals surface area contributed by atoms with Crippen LogP contribution in [0.1, 0.15) is 31.5 Å². The lowest BCUT2D eigenvalue weighted by Crippen LogP contribution is -2.00. The third kappa shape index (κ3) is 3.33. The number of rotatable bonds is 3. The van der Waals surface area contributed by atoms with Crippen LogP contribution in [0.5, 0.6) is 0 Å². The van der Waals surface area contributed by atoms with E-state index < -0.39 is 3.79 Å². The lowest BCUT2D eigenvalue weighted by molar-refractivity contribution is 0.376. The molecule has 0 fully saturated rings. The van der Waals surface area contributed by atoms with Crippen LogP contribution < -0.4 is 0 Å². The van der Waals surface area contributed by atoms with Gasteiger partial charge in [-0.15, -0.1) is 0 Å². The van der Waals surface area contributed by atoms with E-state index in [4.69, 9.17) is 39.3 Å². The van der Waals surface area contributed by atoms with E-state index in [1.54, 1.807) is 0 Å². The number of nitrogens with zero attached hydrogens (tertiary/aromatic N) is 2. The lowest BCUT2D eigenvalue weighted by Gasteiger charge is -2.01. The van der Waals surface area contributed by atoms with E-state index in [2.05, 4.69) is 17.1 Å². The predicted molar refractivity (Wildman–Crippen MR) is 52.1 cm³/mol. The highest BCUT2D eigenvalue weighted by molar-refractivity contribution is 6.66. The van der Waals surface area contributed by atoms with Gasteiger partial charge in [0.25, 0.3) is 9.68 Å². The second kappa shape index (κ2) is 4.49. The summed E-state index contributed by atoms with van der Waals surface area (Å²) in [6, 6.07) is 0. The molecular weight excluding hydrogens is 234 g/mol. The van der Waals surface area contributed by atoms with Crippen LogP contribution in [-0.4, -0.2) is 10.1 Å². The molecule has 0 aliphatic heterocycles. The SMILES string of the molecule is CCCCc1noc(C(Cl)(Cl)Cl)n1. The zero-order chi connectivity index (χ0) is 9.90. The Bertz CT molecular complexity index is 269. The van der Waals surface area contributed by atoms with Crippen LogP contribution in [0, 0.1) is 0 Å². The summed E-state index contributed by atoms with van der Waals surface area (Å²) >= 11 is 16.6. The summed E-state index contributed by atoms with van der Waals surface area (Å²) in [6.45, 7) is 2.08. The molecule has 74 valence electrons. The van der Waals surface area contributed by atoms with E-state index in [9.17, 15) is 0 Å². The normalized spacial score (nSPS) is 12.0. The molecule has 0 bridgehead atoms. The molecule has 3 nitrogen and oxygen atoms in total. The maximum absolute atomic E-state index is 5.54. The van der Waals surface area contributed by atoms with Gasteiger partial charge in [-0.05, 0) is 6.42 Å². The smallest absolute Gasteiger partial charge is 0.278 e. The molecule has 0 unspecified atom stereocenters. The first kappa shape index (κ1) is 11.1. The van der Waals surface area contributed by atoms with Crippen molar-refractivity contribution in [2.45, 2.75) is 30.0 Å².